The van der Waals surface area contributed by atoms with Crippen LogP contribution < -0.4 is 5.32 Å². The number of hydrogen-bond donors (Lipinski definition) is 1. The topological polar surface area (TPSA) is 69.4 Å². The summed E-state index contributed by atoms with van der Waals surface area (Å²) in [5, 5.41) is 7.51. The predicted molar refractivity (Wildman–Crippen MR) is 74.8 cm³/mol. The van der Waals surface area contributed by atoms with Crippen molar-refractivity contribution in [1.29, 1.82) is 0 Å². The molecule has 1 unspecified atom stereocenters. The molecule has 20 heavy (non-hydrogen) atoms. The Balaban J connectivity index is 1.87. The summed E-state index contributed by atoms with van der Waals surface area (Å²) in [5.74, 6) is 1.51. The molecule has 1 atom stereocenters. The molecule has 1 saturated heterocycles. The van der Waals surface area contributed by atoms with Gasteiger partial charge in [-0.3, -0.25) is 0 Å². The molecule has 1 aliphatic rings. The quantitative estimate of drug-likeness (QED) is 0.725. The van der Waals surface area contributed by atoms with Gasteiger partial charge in [0.25, 0.3) is 0 Å². The second-order valence-electron chi connectivity index (χ2n) is 5.29. The second kappa shape index (κ2) is 7.71. The molecule has 0 amide bonds. The molecule has 0 spiro atoms. The summed E-state index contributed by atoms with van der Waals surface area (Å²) in [7, 11) is 1.66. The Morgan fingerprint density at radius 2 is 2.25 bits per heavy atom. The molecule has 6 nitrogen and oxygen atoms in total. The van der Waals surface area contributed by atoms with Crippen LogP contribution in [0.2, 0.25) is 0 Å². The summed E-state index contributed by atoms with van der Waals surface area (Å²) in [5.41, 5.74) is 0.0143. The summed E-state index contributed by atoms with van der Waals surface area (Å²) >= 11 is 0. The average Bonchev–Trinajstić information content (AvgIpc) is 2.97. The van der Waals surface area contributed by atoms with Gasteiger partial charge in [-0.25, -0.2) is 0 Å². The molecule has 0 radical (unpaired) electrons. The average molecular weight is 283 g/mol. The number of rotatable bonds is 8. The smallest absolute Gasteiger partial charge is 0.234 e. The Hall–Kier alpha value is -0.980. The number of nitrogens with zero attached hydrogens (tertiary/aromatic N) is 2. The fourth-order valence-corrected chi connectivity index (χ4v) is 2.58. The summed E-state index contributed by atoms with van der Waals surface area (Å²) in [6.45, 7) is 6.00. The van der Waals surface area contributed by atoms with E-state index in [0.717, 1.165) is 44.1 Å². The van der Waals surface area contributed by atoms with Crippen LogP contribution in [0.5, 0.6) is 0 Å². The highest BCUT2D eigenvalue weighted by Crippen LogP contribution is 2.33. The van der Waals surface area contributed by atoms with Crippen molar-refractivity contribution >= 4 is 0 Å². The first-order chi connectivity index (χ1) is 9.80. The van der Waals surface area contributed by atoms with E-state index in [2.05, 4.69) is 22.4 Å². The number of hydrogen-bond acceptors (Lipinski definition) is 6. The minimum atomic E-state index is 0.0143. The molecule has 1 fully saturated rings. The Labute approximate surface area is 120 Å². The van der Waals surface area contributed by atoms with Gasteiger partial charge < -0.3 is 19.3 Å². The van der Waals surface area contributed by atoms with Gasteiger partial charge in [0.1, 0.15) is 0 Å². The van der Waals surface area contributed by atoms with Crippen molar-refractivity contribution in [2.45, 2.75) is 38.0 Å². The van der Waals surface area contributed by atoms with Crippen molar-refractivity contribution < 1.29 is 14.0 Å². The summed E-state index contributed by atoms with van der Waals surface area (Å²) in [6.07, 6.45) is 3.97. The maximum Gasteiger partial charge on any atom is 0.234 e. The van der Waals surface area contributed by atoms with E-state index in [4.69, 9.17) is 14.0 Å². The zero-order valence-electron chi connectivity index (χ0n) is 12.5. The molecular weight excluding hydrogens is 258 g/mol. The Kier molecular flexibility index (Phi) is 5.94. The zero-order valence-corrected chi connectivity index (χ0v) is 12.5. The van der Waals surface area contributed by atoms with E-state index >= 15 is 0 Å². The third-order valence-corrected chi connectivity index (χ3v) is 3.97. The fourth-order valence-electron chi connectivity index (χ4n) is 2.58. The van der Waals surface area contributed by atoms with Crippen LogP contribution in [-0.4, -0.2) is 50.2 Å². The lowest BCUT2D eigenvalue weighted by Crippen LogP contribution is -2.43. The van der Waals surface area contributed by atoms with Gasteiger partial charge in [-0.05, 0) is 25.8 Å². The van der Waals surface area contributed by atoms with Crippen LogP contribution in [-0.2, 0) is 21.3 Å². The van der Waals surface area contributed by atoms with Crippen LogP contribution >= 0.6 is 0 Å². The molecule has 0 bridgehead atoms. The highest BCUT2D eigenvalue weighted by molar-refractivity contribution is 5.08. The monoisotopic (exact) mass is 283 g/mol. The minimum absolute atomic E-state index is 0.0143. The lowest BCUT2D eigenvalue weighted by Gasteiger charge is -2.33. The maximum absolute atomic E-state index is 5.50. The molecule has 1 aromatic heterocycles. The Morgan fingerprint density at radius 1 is 1.35 bits per heavy atom. The molecule has 0 saturated carbocycles. The second-order valence-corrected chi connectivity index (χ2v) is 5.29. The zero-order chi connectivity index (χ0) is 14.3. The van der Waals surface area contributed by atoms with Crippen molar-refractivity contribution in [3.8, 4) is 0 Å². The molecule has 2 rings (SSSR count). The van der Waals surface area contributed by atoms with Gasteiger partial charge >= 0.3 is 0 Å². The molecule has 2 heterocycles. The van der Waals surface area contributed by atoms with E-state index in [1.54, 1.807) is 7.11 Å². The molecule has 6 heteroatoms. The predicted octanol–water partition coefficient (Wildman–Crippen LogP) is 1.31. The van der Waals surface area contributed by atoms with Crippen LogP contribution in [0.1, 0.15) is 37.9 Å². The lowest BCUT2D eigenvalue weighted by molar-refractivity contribution is 0.0714. The van der Waals surface area contributed by atoms with Crippen LogP contribution in [0.25, 0.3) is 0 Å². The fraction of sp³-hybridized carbons (Fsp3) is 0.857. The molecule has 0 aliphatic carbocycles. The van der Waals surface area contributed by atoms with Crippen molar-refractivity contribution in [3.63, 3.8) is 0 Å². The van der Waals surface area contributed by atoms with Crippen LogP contribution in [0.4, 0.5) is 0 Å². The minimum Gasteiger partial charge on any atom is -0.382 e. The van der Waals surface area contributed by atoms with Crippen molar-refractivity contribution in [2.24, 2.45) is 0 Å². The molecule has 1 N–H and O–H groups in total. The first-order valence-corrected chi connectivity index (χ1v) is 7.41. The van der Waals surface area contributed by atoms with Crippen LogP contribution in [0, 0.1) is 0 Å². The Morgan fingerprint density at radius 3 is 2.95 bits per heavy atom. The van der Waals surface area contributed by atoms with Crippen molar-refractivity contribution in [2.75, 3.05) is 40.0 Å². The van der Waals surface area contributed by atoms with Crippen molar-refractivity contribution in [1.82, 2.24) is 15.5 Å². The molecule has 114 valence electrons. The molecular formula is C14H25N3O3. The van der Waals surface area contributed by atoms with Crippen molar-refractivity contribution in [3.05, 3.63) is 11.7 Å². The molecule has 1 aromatic rings. The normalized spacial score (nSPS) is 23.1. The van der Waals surface area contributed by atoms with E-state index in [0.29, 0.717) is 26.2 Å². The van der Waals surface area contributed by atoms with Gasteiger partial charge in [-0.15, -0.1) is 0 Å². The summed E-state index contributed by atoms with van der Waals surface area (Å²) in [6, 6.07) is 0. The van der Waals surface area contributed by atoms with E-state index < -0.39 is 0 Å². The van der Waals surface area contributed by atoms with Gasteiger partial charge in [0.15, 0.2) is 5.82 Å². The first kappa shape index (κ1) is 15.4. The van der Waals surface area contributed by atoms with Gasteiger partial charge in [0.2, 0.25) is 5.89 Å². The van der Waals surface area contributed by atoms with E-state index in [9.17, 15) is 0 Å². The third-order valence-electron chi connectivity index (χ3n) is 3.97. The third kappa shape index (κ3) is 3.77. The van der Waals surface area contributed by atoms with Gasteiger partial charge in [-0.1, -0.05) is 12.1 Å². The van der Waals surface area contributed by atoms with Crippen LogP contribution in [0.15, 0.2) is 4.52 Å². The number of piperidine rings is 1. The highest BCUT2D eigenvalue weighted by atomic mass is 16.5. The van der Waals surface area contributed by atoms with Gasteiger partial charge in [-0.2, -0.15) is 4.98 Å². The standard InChI is InChI=1S/C14H25N3O3/c1-3-14(6-4-7-15-11-14)13-16-12(17-20-13)5-8-19-10-9-18-2/h15H,3-11H2,1-2H3. The van der Waals surface area contributed by atoms with E-state index in [1.165, 1.54) is 0 Å². The summed E-state index contributed by atoms with van der Waals surface area (Å²) < 4.78 is 15.8. The maximum atomic E-state index is 5.50. The lowest BCUT2D eigenvalue weighted by atomic mass is 9.78. The first-order valence-electron chi connectivity index (χ1n) is 7.41. The highest BCUT2D eigenvalue weighted by Gasteiger charge is 2.37. The summed E-state index contributed by atoms with van der Waals surface area (Å²) in [4.78, 5) is 4.57. The number of methoxy groups -OCH3 is 1. The number of ether oxygens (including phenoxy) is 2. The Bertz CT molecular complexity index is 389. The number of nitrogens with one attached hydrogen (secondary N) is 1. The van der Waals surface area contributed by atoms with E-state index in [1.807, 2.05) is 0 Å². The van der Waals surface area contributed by atoms with Gasteiger partial charge in [0, 0.05) is 20.1 Å². The molecule has 0 aromatic carbocycles. The van der Waals surface area contributed by atoms with Gasteiger partial charge in [0.05, 0.1) is 25.2 Å². The van der Waals surface area contributed by atoms with Crippen LogP contribution in [0.3, 0.4) is 0 Å². The largest absolute Gasteiger partial charge is 0.382 e. The SMILES string of the molecule is CCC1(c2nc(CCOCCOC)no2)CCCNC1. The number of aromatic nitrogens is 2. The molecule has 1 aliphatic heterocycles. The van der Waals surface area contributed by atoms with E-state index in [-0.39, 0.29) is 5.41 Å².